The van der Waals surface area contributed by atoms with Crippen molar-refractivity contribution in [3.8, 4) is 0 Å². The second-order valence-electron chi connectivity index (χ2n) is 5.92. The topological polar surface area (TPSA) is 64.1 Å². The normalized spacial score (nSPS) is 16.8. The lowest BCUT2D eigenvalue weighted by atomic mass is 9.73. The molecule has 1 aliphatic heterocycles. The number of halogens is 1. The van der Waals surface area contributed by atoms with Crippen LogP contribution < -0.4 is 5.32 Å². The second kappa shape index (κ2) is 7.36. The van der Waals surface area contributed by atoms with E-state index in [4.69, 9.17) is 4.74 Å². The quantitative estimate of drug-likeness (QED) is 0.900. The highest BCUT2D eigenvalue weighted by atomic mass is 32.1. The zero-order valence-electron chi connectivity index (χ0n) is 13.5. The van der Waals surface area contributed by atoms with E-state index in [1.807, 2.05) is 6.92 Å². The van der Waals surface area contributed by atoms with Crippen LogP contribution in [0.4, 0.5) is 4.39 Å². The van der Waals surface area contributed by atoms with E-state index in [1.54, 1.807) is 12.1 Å². The summed E-state index contributed by atoms with van der Waals surface area (Å²) in [6.45, 7) is 3.48. The van der Waals surface area contributed by atoms with Crippen LogP contribution in [-0.4, -0.2) is 35.9 Å². The van der Waals surface area contributed by atoms with Gasteiger partial charge in [-0.15, -0.1) is 21.5 Å². The highest BCUT2D eigenvalue weighted by molar-refractivity contribution is 7.11. The van der Waals surface area contributed by atoms with E-state index in [9.17, 15) is 9.18 Å². The van der Waals surface area contributed by atoms with Gasteiger partial charge in [0.15, 0.2) is 0 Å². The molecule has 1 aromatic carbocycles. The minimum atomic E-state index is -0.650. The van der Waals surface area contributed by atoms with Crippen molar-refractivity contribution in [3.63, 3.8) is 0 Å². The van der Waals surface area contributed by atoms with Crippen LogP contribution in [0.5, 0.6) is 0 Å². The minimum Gasteiger partial charge on any atom is -0.381 e. The summed E-state index contributed by atoms with van der Waals surface area (Å²) in [4.78, 5) is 12.9. The molecule has 2 aromatic rings. The molecule has 1 N–H and O–H groups in total. The van der Waals surface area contributed by atoms with Gasteiger partial charge in [0.25, 0.3) is 0 Å². The Labute approximate surface area is 144 Å². The second-order valence-corrected chi connectivity index (χ2v) is 7.19. The van der Waals surface area contributed by atoms with Crippen LogP contribution in [0.2, 0.25) is 0 Å². The number of carbonyl (C=O) groups excluding carboxylic acids is 1. The van der Waals surface area contributed by atoms with Gasteiger partial charge in [-0.2, -0.15) is 0 Å². The molecule has 1 fully saturated rings. The number of carbonyl (C=O) groups is 1. The fraction of sp³-hybridized carbons (Fsp3) is 0.471. The van der Waals surface area contributed by atoms with E-state index < -0.39 is 5.41 Å². The third-order valence-electron chi connectivity index (χ3n) is 4.37. The number of amides is 1. The smallest absolute Gasteiger partial charge is 0.230 e. The Morgan fingerprint density at radius 2 is 2.00 bits per heavy atom. The monoisotopic (exact) mass is 349 g/mol. The lowest BCUT2D eigenvalue weighted by molar-refractivity contribution is -0.130. The zero-order chi connectivity index (χ0) is 17.0. The first-order chi connectivity index (χ1) is 11.6. The predicted molar refractivity (Wildman–Crippen MR) is 89.5 cm³/mol. The maximum atomic E-state index is 13.2. The Balaban J connectivity index is 1.70. The summed E-state index contributed by atoms with van der Waals surface area (Å²) in [5.74, 6) is -0.327. The maximum absolute atomic E-state index is 13.2. The van der Waals surface area contributed by atoms with Gasteiger partial charge in [0, 0.05) is 26.2 Å². The average molecular weight is 349 g/mol. The van der Waals surface area contributed by atoms with Gasteiger partial charge in [0.1, 0.15) is 15.8 Å². The van der Waals surface area contributed by atoms with E-state index in [-0.39, 0.29) is 11.7 Å². The molecule has 1 aromatic heterocycles. The van der Waals surface area contributed by atoms with Crippen molar-refractivity contribution >= 4 is 17.2 Å². The molecule has 0 spiro atoms. The molecule has 3 rings (SSSR count). The number of nitrogens with zero attached hydrogens (tertiary/aromatic N) is 2. The van der Waals surface area contributed by atoms with Gasteiger partial charge in [-0.1, -0.05) is 12.1 Å². The first-order valence-electron chi connectivity index (χ1n) is 8.01. The van der Waals surface area contributed by atoms with Crippen molar-refractivity contribution < 1.29 is 13.9 Å². The van der Waals surface area contributed by atoms with Gasteiger partial charge in [0.05, 0.1) is 5.41 Å². The fourth-order valence-corrected chi connectivity index (χ4v) is 3.73. The highest BCUT2D eigenvalue weighted by Crippen LogP contribution is 2.35. The summed E-state index contributed by atoms with van der Waals surface area (Å²) in [7, 11) is 0. The number of nitrogens with one attached hydrogen (secondary N) is 1. The Morgan fingerprint density at radius 3 is 2.62 bits per heavy atom. The van der Waals surface area contributed by atoms with Crippen molar-refractivity contribution in [1.82, 2.24) is 15.5 Å². The molecule has 2 heterocycles. The molecule has 24 heavy (non-hydrogen) atoms. The Bertz CT molecular complexity index is 696. The number of aryl methyl sites for hydroxylation is 1. The van der Waals surface area contributed by atoms with Crippen molar-refractivity contribution in [1.29, 1.82) is 0 Å². The van der Waals surface area contributed by atoms with Crippen LogP contribution in [0, 0.1) is 12.7 Å². The maximum Gasteiger partial charge on any atom is 0.230 e. The highest BCUT2D eigenvalue weighted by Gasteiger charge is 2.41. The van der Waals surface area contributed by atoms with Crippen LogP contribution in [-0.2, 0) is 21.4 Å². The number of hydrogen-bond acceptors (Lipinski definition) is 5. The molecule has 0 unspecified atom stereocenters. The Kier molecular flexibility index (Phi) is 5.20. The molecule has 1 aliphatic rings. The van der Waals surface area contributed by atoms with E-state index in [0.717, 1.165) is 15.6 Å². The zero-order valence-corrected chi connectivity index (χ0v) is 14.4. The third kappa shape index (κ3) is 3.62. The molecule has 1 saturated heterocycles. The molecule has 128 valence electrons. The van der Waals surface area contributed by atoms with Crippen molar-refractivity contribution in [2.45, 2.75) is 31.6 Å². The first kappa shape index (κ1) is 17.0. The number of ether oxygens (including phenoxy) is 1. The summed E-state index contributed by atoms with van der Waals surface area (Å²) < 4.78 is 18.7. The molecule has 0 atom stereocenters. The van der Waals surface area contributed by atoms with Crippen molar-refractivity contribution in [2.24, 2.45) is 0 Å². The van der Waals surface area contributed by atoms with E-state index in [2.05, 4.69) is 15.5 Å². The molecule has 7 heteroatoms. The lowest BCUT2D eigenvalue weighted by Crippen LogP contribution is -2.48. The largest absolute Gasteiger partial charge is 0.381 e. The summed E-state index contributed by atoms with van der Waals surface area (Å²) in [5, 5.41) is 12.9. The number of rotatable bonds is 5. The van der Waals surface area contributed by atoms with Crippen molar-refractivity contribution in [3.05, 3.63) is 45.7 Å². The fourth-order valence-electron chi connectivity index (χ4n) is 3.03. The number of benzene rings is 1. The summed E-state index contributed by atoms with van der Waals surface area (Å²) in [6, 6.07) is 6.22. The molecule has 0 radical (unpaired) electrons. The van der Waals surface area contributed by atoms with Gasteiger partial charge in [-0.05, 0) is 37.5 Å². The average Bonchev–Trinajstić information content (AvgIpc) is 3.01. The molecule has 5 nitrogen and oxygen atoms in total. The SMILES string of the molecule is Cc1nnc(CCNC(=O)C2(c3ccc(F)cc3)CCOCC2)s1. The Hall–Kier alpha value is -1.86. The van der Waals surface area contributed by atoms with E-state index in [1.165, 1.54) is 23.5 Å². The molecular weight excluding hydrogens is 329 g/mol. The van der Waals surface area contributed by atoms with Gasteiger partial charge in [-0.25, -0.2) is 4.39 Å². The Morgan fingerprint density at radius 1 is 1.29 bits per heavy atom. The van der Waals surface area contributed by atoms with Gasteiger partial charge >= 0.3 is 0 Å². The summed E-state index contributed by atoms with van der Waals surface area (Å²) in [6.07, 6.45) is 1.86. The molecule has 0 aliphatic carbocycles. The van der Waals surface area contributed by atoms with Gasteiger partial charge in [-0.3, -0.25) is 4.79 Å². The third-order valence-corrected chi connectivity index (χ3v) is 5.27. The number of aromatic nitrogens is 2. The molecule has 1 amide bonds. The standard InChI is InChI=1S/C17H20FN3O2S/c1-12-20-21-15(24-12)6-9-19-16(22)17(7-10-23-11-8-17)13-2-4-14(18)5-3-13/h2-5H,6-11H2,1H3,(H,19,22). The van der Waals surface area contributed by atoms with Gasteiger partial charge < -0.3 is 10.1 Å². The van der Waals surface area contributed by atoms with Crippen molar-refractivity contribution in [2.75, 3.05) is 19.8 Å². The van der Waals surface area contributed by atoms with Crippen LogP contribution in [0.1, 0.15) is 28.4 Å². The lowest BCUT2D eigenvalue weighted by Gasteiger charge is -2.36. The van der Waals surface area contributed by atoms with Gasteiger partial charge in [0.2, 0.25) is 5.91 Å². The number of hydrogen-bond donors (Lipinski definition) is 1. The van der Waals surface area contributed by atoms with E-state index in [0.29, 0.717) is 39.0 Å². The predicted octanol–water partition coefficient (Wildman–Crippen LogP) is 2.39. The molecule has 0 bridgehead atoms. The van der Waals surface area contributed by atoms with E-state index >= 15 is 0 Å². The summed E-state index contributed by atoms with van der Waals surface area (Å²) >= 11 is 1.54. The molecule has 0 saturated carbocycles. The minimum absolute atomic E-state index is 0.0290. The first-order valence-corrected chi connectivity index (χ1v) is 8.83. The van der Waals surface area contributed by atoms with Crippen LogP contribution in [0.15, 0.2) is 24.3 Å². The van der Waals surface area contributed by atoms with Crippen LogP contribution >= 0.6 is 11.3 Å². The molecular formula is C17H20FN3O2S. The van der Waals surface area contributed by atoms with Crippen LogP contribution in [0.3, 0.4) is 0 Å². The summed E-state index contributed by atoms with van der Waals surface area (Å²) in [5.41, 5.74) is 0.194. The van der Waals surface area contributed by atoms with Crippen LogP contribution in [0.25, 0.3) is 0 Å².